The number of anilines is 1. The summed E-state index contributed by atoms with van der Waals surface area (Å²) in [5.74, 6) is 0.478. The number of fused-ring (bicyclic) bond motifs is 8. The number of benzene rings is 3. The van der Waals surface area contributed by atoms with Gasteiger partial charge in [-0.15, -0.1) is 0 Å². The molecule has 2 amide bonds. The SMILES string of the molecule is COc1ccc2cc1-c1cccc(c1)OCC(=O)NCc1cc(F)cc(c1)O[C@@H]1CCN(c3ccc(S(C)(=O)=O)cn3)C[C@H]1NC2=O. The van der Waals surface area contributed by atoms with Crippen LogP contribution in [0.25, 0.3) is 11.1 Å². The average Bonchev–Trinajstić information content (AvgIpc) is 3.06. The lowest BCUT2D eigenvalue weighted by molar-refractivity contribution is -0.123. The minimum atomic E-state index is -3.42. The third-order valence-electron chi connectivity index (χ3n) is 8.02. The largest absolute Gasteiger partial charge is 0.496 e. The van der Waals surface area contributed by atoms with Crippen molar-refractivity contribution in [2.24, 2.45) is 0 Å². The van der Waals surface area contributed by atoms with Crippen molar-refractivity contribution in [3.63, 3.8) is 0 Å². The molecular formula is C34H33FN4O7S. The highest BCUT2D eigenvalue weighted by molar-refractivity contribution is 7.90. The Balaban J connectivity index is 1.36. The van der Waals surface area contributed by atoms with Crippen LogP contribution >= 0.6 is 0 Å². The zero-order valence-electron chi connectivity index (χ0n) is 25.7. The Kier molecular flexibility index (Phi) is 8.99. The molecule has 4 aromatic rings. The van der Waals surface area contributed by atoms with Gasteiger partial charge in [-0.1, -0.05) is 12.1 Å². The lowest BCUT2D eigenvalue weighted by Gasteiger charge is -2.39. The molecule has 0 spiro atoms. The van der Waals surface area contributed by atoms with E-state index in [2.05, 4.69) is 15.6 Å². The van der Waals surface area contributed by atoms with Crippen molar-refractivity contribution in [1.82, 2.24) is 15.6 Å². The summed E-state index contributed by atoms with van der Waals surface area (Å²) >= 11 is 0. The number of amides is 2. The van der Waals surface area contributed by atoms with E-state index in [1.54, 1.807) is 48.5 Å². The zero-order chi connectivity index (χ0) is 33.1. The topological polar surface area (TPSA) is 136 Å². The van der Waals surface area contributed by atoms with Gasteiger partial charge in [0.1, 0.15) is 35.0 Å². The van der Waals surface area contributed by atoms with E-state index in [-0.39, 0.29) is 42.2 Å². The highest BCUT2D eigenvalue weighted by Crippen LogP contribution is 2.33. The molecule has 0 radical (unpaired) electrons. The van der Waals surface area contributed by atoms with Crippen LogP contribution in [0.5, 0.6) is 17.2 Å². The molecule has 2 N–H and O–H groups in total. The lowest BCUT2D eigenvalue weighted by Crippen LogP contribution is -2.57. The van der Waals surface area contributed by atoms with Crippen LogP contribution in [0.4, 0.5) is 10.2 Å². The first-order chi connectivity index (χ1) is 22.6. The first-order valence-corrected chi connectivity index (χ1v) is 16.8. The fourth-order valence-corrected chi connectivity index (χ4v) is 6.20. The molecule has 3 aromatic carbocycles. The maximum Gasteiger partial charge on any atom is 0.258 e. The van der Waals surface area contributed by atoms with Crippen LogP contribution in [0.15, 0.2) is 83.9 Å². The lowest BCUT2D eigenvalue weighted by atomic mass is 9.99. The molecule has 0 aliphatic carbocycles. The van der Waals surface area contributed by atoms with E-state index in [9.17, 15) is 22.4 Å². The number of pyridine rings is 1. The molecular weight excluding hydrogens is 627 g/mol. The number of rotatable bonds is 3. The number of aromatic nitrogens is 1. The quantitative estimate of drug-likeness (QED) is 0.337. The van der Waals surface area contributed by atoms with E-state index in [0.29, 0.717) is 52.5 Å². The van der Waals surface area contributed by atoms with Crippen LogP contribution in [0, 0.1) is 5.82 Å². The molecule has 1 saturated heterocycles. The van der Waals surface area contributed by atoms with Crippen LogP contribution in [-0.4, -0.2) is 70.4 Å². The Morgan fingerprint density at radius 1 is 1.00 bits per heavy atom. The highest BCUT2D eigenvalue weighted by atomic mass is 32.2. The van der Waals surface area contributed by atoms with Gasteiger partial charge in [-0.2, -0.15) is 0 Å². The second-order valence-electron chi connectivity index (χ2n) is 11.4. The van der Waals surface area contributed by atoms with Gasteiger partial charge in [0, 0.05) is 55.7 Å². The molecule has 13 heteroatoms. The average molecular weight is 661 g/mol. The van der Waals surface area contributed by atoms with Crippen molar-refractivity contribution in [3.8, 4) is 28.4 Å². The number of carbonyl (C=O) groups is 2. The number of piperidine rings is 1. The fraction of sp³-hybridized carbons (Fsp3) is 0.265. The number of carbonyl (C=O) groups excluding carboxylic acids is 2. The number of ether oxygens (including phenoxy) is 3. The van der Waals surface area contributed by atoms with Crippen LogP contribution < -0.4 is 29.7 Å². The predicted molar refractivity (Wildman–Crippen MR) is 172 cm³/mol. The molecule has 11 nitrogen and oxygen atoms in total. The number of nitrogens with zero attached hydrogens (tertiary/aromatic N) is 2. The van der Waals surface area contributed by atoms with Crippen LogP contribution in [-0.2, 0) is 21.2 Å². The Morgan fingerprint density at radius 2 is 1.85 bits per heavy atom. The molecule has 47 heavy (non-hydrogen) atoms. The summed E-state index contributed by atoms with van der Waals surface area (Å²) in [5, 5.41) is 5.85. The fourth-order valence-electron chi connectivity index (χ4n) is 5.64. The molecule has 0 saturated carbocycles. The van der Waals surface area contributed by atoms with Crippen molar-refractivity contribution in [2.75, 3.05) is 38.0 Å². The molecule has 0 unspecified atom stereocenters. The van der Waals surface area contributed by atoms with E-state index in [1.165, 1.54) is 31.5 Å². The van der Waals surface area contributed by atoms with E-state index in [0.717, 1.165) is 6.26 Å². The van der Waals surface area contributed by atoms with Gasteiger partial charge in [-0.25, -0.2) is 17.8 Å². The Hall–Kier alpha value is -5.17. The van der Waals surface area contributed by atoms with Crippen molar-refractivity contribution in [1.29, 1.82) is 0 Å². The van der Waals surface area contributed by atoms with Gasteiger partial charge < -0.3 is 29.7 Å². The number of halogens is 1. The molecule has 244 valence electrons. The number of sulfone groups is 1. The number of nitrogens with one attached hydrogen (secondary N) is 2. The van der Waals surface area contributed by atoms with Gasteiger partial charge in [0.15, 0.2) is 16.4 Å². The summed E-state index contributed by atoms with van der Waals surface area (Å²) < 4.78 is 56.3. The summed E-state index contributed by atoms with van der Waals surface area (Å²) in [6, 6.07) is 18.9. The minimum Gasteiger partial charge on any atom is -0.496 e. The molecule has 2 aliphatic rings. The smallest absolute Gasteiger partial charge is 0.258 e. The number of hydrogen-bond donors (Lipinski definition) is 2. The highest BCUT2D eigenvalue weighted by Gasteiger charge is 2.33. The molecule has 6 rings (SSSR count). The molecule has 6 bridgehead atoms. The van der Waals surface area contributed by atoms with Crippen LogP contribution in [0.2, 0.25) is 0 Å². The van der Waals surface area contributed by atoms with E-state index in [4.69, 9.17) is 14.2 Å². The standard InChI is InChI=1S/C34H33FN4O7S/c1-44-30-8-6-23-15-28(30)22-4-3-5-25(14-22)45-20-33(40)37-17-21-12-24(35)16-26(13-21)46-31-10-11-39(19-29(31)38-34(23)41)32-9-7-27(18-36-32)47(2,42)43/h3-9,12-16,18,29,31H,10-11,17,19-20H2,1-2H3,(H,37,40)(H,38,41)/t29-,31-/m1/s1. The van der Waals surface area contributed by atoms with E-state index in [1.807, 2.05) is 11.0 Å². The normalized spacial score (nSPS) is 18.6. The van der Waals surface area contributed by atoms with Crippen molar-refractivity contribution >= 4 is 27.5 Å². The van der Waals surface area contributed by atoms with Crippen molar-refractivity contribution < 1.29 is 36.6 Å². The zero-order valence-corrected chi connectivity index (χ0v) is 26.6. The second-order valence-corrected chi connectivity index (χ2v) is 13.4. The van der Waals surface area contributed by atoms with Crippen LogP contribution in [0.3, 0.4) is 0 Å². The van der Waals surface area contributed by atoms with Gasteiger partial charge in [-0.05, 0) is 65.7 Å². The third-order valence-corrected chi connectivity index (χ3v) is 9.12. The third kappa shape index (κ3) is 7.46. The first kappa shape index (κ1) is 31.8. The van der Waals surface area contributed by atoms with Crippen LogP contribution in [0.1, 0.15) is 22.3 Å². The summed E-state index contributed by atoms with van der Waals surface area (Å²) in [4.78, 5) is 32.8. The minimum absolute atomic E-state index is 0.0488. The second kappa shape index (κ2) is 13.3. The van der Waals surface area contributed by atoms with Crippen molar-refractivity contribution in [2.45, 2.75) is 30.0 Å². The molecule has 3 heterocycles. The predicted octanol–water partition coefficient (Wildman–Crippen LogP) is 3.76. The first-order valence-electron chi connectivity index (χ1n) is 14.9. The summed E-state index contributed by atoms with van der Waals surface area (Å²) in [6.07, 6.45) is 2.30. The Labute approximate surface area is 271 Å². The summed E-state index contributed by atoms with van der Waals surface area (Å²) in [6.45, 7) is 0.548. The Morgan fingerprint density at radius 3 is 2.62 bits per heavy atom. The van der Waals surface area contributed by atoms with Gasteiger partial charge in [0.05, 0.1) is 18.0 Å². The Bertz CT molecular complexity index is 1920. The maximum atomic E-state index is 14.7. The van der Waals surface area contributed by atoms with Gasteiger partial charge in [0.25, 0.3) is 11.8 Å². The van der Waals surface area contributed by atoms with Gasteiger partial charge in [-0.3, -0.25) is 9.59 Å². The number of methoxy groups -OCH3 is 1. The van der Waals surface area contributed by atoms with E-state index < -0.39 is 27.8 Å². The van der Waals surface area contributed by atoms with Crippen molar-refractivity contribution in [3.05, 3.63) is 95.9 Å². The number of hydrogen-bond acceptors (Lipinski definition) is 9. The molecule has 1 fully saturated rings. The molecule has 2 aliphatic heterocycles. The van der Waals surface area contributed by atoms with Gasteiger partial charge >= 0.3 is 0 Å². The maximum absolute atomic E-state index is 14.7. The summed E-state index contributed by atoms with van der Waals surface area (Å²) in [5.41, 5.74) is 2.22. The molecule has 1 aromatic heterocycles. The monoisotopic (exact) mass is 660 g/mol. The molecule has 2 atom stereocenters. The van der Waals surface area contributed by atoms with Gasteiger partial charge in [0.2, 0.25) is 0 Å². The summed E-state index contributed by atoms with van der Waals surface area (Å²) in [7, 11) is -1.88. The van der Waals surface area contributed by atoms with E-state index >= 15 is 0 Å².